The first kappa shape index (κ1) is 18.4. The number of thiazole rings is 1. The molecule has 0 saturated heterocycles. The number of anilines is 1. The molecule has 1 heterocycles. The molecule has 0 aliphatic heterocycles. The van der Waals surface area contributed by atoms with Gasteiger partial charge >= 0.3 is 0 Å². The molecule has 0 radical (unpaired) electrons. The molecule has 0 aliphatic rings. The van der Waals surface area contributed by atoms with Gasteiger partial charge in [-0.2, -0.15) is 0 Å². The number of carbonyl (C=O) groups excluding carboxylic acids is 1. The molecule has 1 aromatic heterocycles. The highest BCUT2D eigenvalue weighted by atomic mass is 32.1. The summed E-state index contributed by atoms with van der Waals surface area (Å²) in [4.78, 5) is 16.9. The largest absolute Gasteiger partial charge is 0.326 e. The Labute approximate surface area is 169 Å². The summed E-state index contributed by atoms with van der Waals surface area (Å²) in [5.41, 5.74) is 5.50. The average molecular weight is 387 g/mol. The third-order valence-electron chi connectivity index (χ3n) is 4.69. The molecule has 4 heteroatoms. The lowest BCUT2D eigenvalue weighted by Crippen LogP contribution is -2.12. The summed E-state index contributed by atoms with van der Waals surface area (Å²) in [6.45, 7) is 2.07. The lowest BCUT2D eigenvalue weighted by Gasteiger charge is -2.07. The van der Waals surface area contributed by atoms with Crippen molar-refractivity contribution in [2.75, 3.05) is 5.32 Å². The minimum atomic E-state index is 0.0412. The Morgan fingerprint density at radius 2 is 1.64 bits per heavy atom. The van der Waals surface area contributed by atoms with Crippen LogP contribution in [-0.2, 0) is 17.6 Å². The first-order valence-electron chi connectivity index (χ1n) is 9.44. The molecule has 0 fully saturated rings. The first-order valence-corrected chi connectivity index (χ1v) is 10.3. The highest BCUT2D eigenvalue weighted by Crippen LogP contribution is 2.24. The van der Waals surface area contributed by atoms with Gasteiger partial charge in [-0.1, -0.05) is 54.1 Å². The molecule has 4 aromatic rings. The number of para-hydroxylation sites is 1. The predicted octanol–water partition coefficient (Wildman–Crippen LogP) is 5.77. The lowest BCUT2D eigenvalue weighted by molar-refractivity contribution is -0.116. The van der Waals surface area contributed by atoms with Gasteiger partial charge in [0.1, 0.15) is 0 Å². The van der Waals surface area contributed by atoms with Gasteiger partial charge in [0, 0.05) is 18.5 Å². The van der Waals surface area contributed by atoms with Crippen LogP contribution in [0.15, 0.2) is 72.8 Å². The van der Waals surface area contributed by atoms with Gasteiger partial charge in [-0.25, -0.2) is 4.98 Å². The van der Waals surface area contributed by atoms with Crippen molar-refractivity contribution in [1.82, 2.24) is 4.98 Å². The van der Waals surface area contributed by atoms with Crippen molar-refractivity contribution in [3.05, 3.63) is 94.5 Å². The summed E-state index contributed by atoms with van der Waals surface area (Å²) in [6, 6.07) is 24.6. The molecule has 0 atom stereocenters. The van der Waals surface area contributed by atoms with Gasteiger partial charge in [-0.15, -0.1) is 11.3 Å². The van der Waals surface area contributed by atoms with Crippen molar-refractivity contribution in [2.24, 2.45) is 0 Å². The van der Waals surface area contributed by atoms with Crippen LogP contribution in [0.2, 0.25) is 0 Å². The normalized spacial score (nSPS) is 10.9. The van der Waals surface area contributed by atoms with Crippen LogP contribution in [-0.4, -0.2) is 10.9 Å². The van der Waals surface area contributed by atoms with E-state index in [4.69, 9.17) is 0 Å². The number of fused-ring (bicyclic) bond motifs is 1. The zero-order valence-corrected chi connectivity index (χ0v) is 16.6. The third kappa shape index (κ3) is 4.65. The van der Waals surface area contributed by atoms with E-state index in [2.05, 4.69) is 59.7 Å². The number of amides is 1. The van der Waals surface area contributed by atoms with Crippen LogP contribution in [0.5, 0.6) is 0 Å². The van der Waals surface area contributed by atoms with E-state index in [0.29, 0.717) is 6.42 Å². The molecule has 4 rings (SSSR count). The summed E-state index contributed by atoms with van der Waals surface area (Å²) in [7, 11) is 0. The first-order chi connectivity index (χ1) is 13.7. The van der Waals surface area contributed by atoms with Crippen LogP contribution in [0.25, 0.3) is 10.2 Å². The fraction of sp³-hybridized carbons (Fsp3) is 0.167. The summed E-state index contributed by atoms with van der Waals surface area (Å²) in [6.07, 6.45) is 2.04. The van der Waals surface area contributed by atoms with E-state index in [1.165, 1.54) is 21.4 Å². The molecule has 1 amide bonds. The Balaban J connectivity index is 1.32. The van der Waals surface area contributed by atoms with Crippen LogP contribution >= 0.6 is 11.3 Å². The molecular weight excluding hydrogens is 364 g/mol. The van der Waals surface area contributed by atoms with E-state index in [0.717, 1.165) is 29.1 Å². The molecule has 28 heavy (non-hydrogen) atoms. The number of aryl methyl sites for hydroxylation is 2. The number of aromatic nitrogens is 1. The summed E-state index contributed by atoms with van der Waals surface area (Å²) >= 11 is 1.73. The number of nitrogens with one attached hydrogen (secondary N) is 1. The van der Waals surface area contributed by atoms with E-state index < -0.39 is 0 Å². The van der Waals surface area contributed by atoms with Gasteiger partial charge in [-0.05, 0) is 48.7 Å². The van der Waals surface area contributed by atoms with Gasteiger partial charge in [-0.3, -0.25) is 4.79 Å². The smallest absolute Gasteiger partial charge is 0.224 e. The molecule has 3 nitrogen and oxygen atoms in total. The molecule has 0 unspecified atom stereocenters. The summed E-state index contributed by atoms with van der Waals surface area (Å²) < 4.78 is 1.22. The summed E-state index contributed by atoms with van der Waals surface area (Å²) in [5.74, 6) is 0.0412. The molecule has 140 valence electrons. The average Bonchev–Trinajstić information content (AvgIpc) is 3.11. The monoisotopic (exact) mass is 386 g/mol. The number of hydrogen-bond donors (Lipinski definition) is 1. The lowest BCUT2D eigenvalue weighted by atomic mass is 10.1. The van der Waals surface area contributed by atoms with E-state index in [1.807, 2.05) is 30.3 Å². The van der Waals surface area contributed by atoms with Crippen LogP contribution in [0.1, 0.15) is 28.1 Å². The predicted molar refractivity (Wildman–Crippen MR) is 117 cm³/mol. The fourth-order valence-corrected chi connectivity index (χ4v) is 4.11. The molecule has 0 spiro atoms. The Kier molecular flexibility index (Phi) is 5.49. The van der Waals surface area contributed by atoms with Crippen molar-refractivity contribution in [1.29, 1.82) is 0 Å². The SMILES string of the molecule is Cc1ccc(CCC(=O)Nc2ccc(Cc3nc4ccccc4s3)cc2)cc1. The van der Waals surface area contributed by atoms with Gasteiger partial charge in [0.05, 0.1) is 15.2 Å². The van der Waals surface area contributed by atoms with Gasteiger partial charge in [0.25, 0.3) is 0 Å². The Morgan fingerprint density at radius 3 is 2.39 bits per heavy atom. The van der Waals surface area contributed by atoms with Crippen molar-refractivity contribution in [2.45, 2.75) is 26.2 Å². The van der Waals surface area contributed by atoms with Gasteiger partial charge in [0.2, 0.25) is 5.91 Å². The van der Waals surface area contributed by atoms with Crippen molar-refractivity contribution < 1.29 is 4.79 Å². The number of benzene rings is 3. The van der Waals surface area contributed by atoms with E-state index in [1.54, 1.807) is 11.3 Å². The maximum Gasteiger partial charge on any atom is 0.224 e. The van der Waals surface area contributed by atoms with E-state index in [-0.39, 0.29) is 5.91 Å². The maximum absolute atomic E-state index is 12.2. The van der Waals surface area contributed by atoms with E-state index >= 15 is 0 Å². The Morgan fingerprint density at radius 1 is 0.929 bits per heavy atom. The zero-order chi connectivity index (χ0) is 19.3. The minimum Gasteiger partial charge on any atom is -0.326 e. The second-order valence-corrected chi connectivity index (χ2v) is 8.10. The van der Waals surface area contributed by atoms with Crippen LogP contribution < -0.4 is 5.32 Å². The number of rotatable bonds is 6. The molecule has 3 aromatic carbocycles. The quantitative estimate of drug-likeness (QED) is 0.457. The molecule has 0 aliphatic carbocycles. The van der Waals surface area contributed by atoms with Gasteiger partial charge in [0.15, 0.2) is 0 Å². The molecule has 0 saturated carbocycles. The number of hydrogen-bond acceptors (Lipinski definition) is 3. The number of nitrogens with zero attached hydrogens (tertiary/aromatic N) is 1. The van der Waals surface area contributed by atoms with Crippen molar-refractivity contribution >= 4 is 33.1 Å². The minimum absolute atomic E-state index is 0.0412. The van der Waals surface area contributed by atoms with Crippen LogP contribution in [0.3, 0.4) is 0 Å². The van der Waals surface area contributed by atoms with Gasteiger partial charge < -0.3 is 5.32 Å². The Bertz CT molecular complexity index is 1050. The van der Waals surface area contributed by atoms with E-state index in [9.17, 15) is 4.79 Å². The highest BCUT2D eigenvalue weighted by Gasteiger charge is 2.06. The maximum atomic E-state index is 12.2. The van der Waals surface area contributed by atoms with Crippen LogP contribution in [0, 0.1) is 6.92 Å². The zero-order valence-electron chi connectivity index (χ0n) is 15.8. The molecule has 1 N–H and O–H groups in total. The summed E-state index contributed by atoms with van der Waals surface area (Å²) in [5, 5.41) is 4.09. The molecule has 0 bridgehead atoms. The number of carbonyl (C=O) groups is 1. The van der Waals surface area contributed by atoms with Crippen LogP contribution in [0.4, 0.5) is 5.69 Å². The topological polar surface area (TPSA) is 42.0 Å². The third-order valence-corrected chi connectivity index (χ3v) is 5.73. The fourth-order valence-electron chi connectivity index (χ4n) is 3.11. The van der Waals surface area contributed by atoms with Crippen molar-refractivity contribution in [3.8, 4) is 0 Å². The standard InChI is InChI=1S/C24H22N2OS/c1-17-6-8-18(9-7-17)12-15-23(27)25-20-13-10-19(11-14-20)16-24-26-21-4-2-3-5-22(21)28-24/h2-11,13-14H,12,15-16H2,1H3,(H,25,27). The second-order valence-electron chi connectivity index (χ2n) is 6.98. The molecular formula is C24H22N2OS. The highest BCUT2D eigenvalue weighted by molar-refractivity contribution is 7.18. The van der Waals surface area contributed by atoms with Crippen molar-refractivity contribution in [3.63, 3.8) is 0 Å². The second kappa shape index (κ2) is 8.36. The Hall–Kier alpha value is -2.98.